The lowest BCUT2D eigenvalue weighted by Crippen LogP contribution is -2.19. The lowest BCUT2D eigenvalue weighted by atomic mass is 9.93. The fourth-order valence-electron chi connectivity index (χ4n) is 1.55. The molecule has 0 bridgehead atoms. The van der Waals surface area contributed by atoms with E-state index in [-0.39, 0.29) is 0 Å². The Morgan fingerprint density at radius 2 is 2.00 bits per heavy atom. The number of nitrogens with one attached hydrogen (secondary N) is 1. The zero-order valence-corrected chi connectivity index (χ0v) is 8.41. The Morgan fingerprint density at radius 3 is 2.36 bits per heavy atom. The van der Waals surface area contributed by atoms with Crippen LogP contribution in [0.1, 0.15) is 40.0 Å². The van der Waals surface area contributed by atoms with E-state index in [9.17, 15) is 0 Å². The molecule has 0 fully saturated rings. The van der Waals surface area contributed by atoms with Crippen LogP contribution >= 0.6 is 0 Å². The summed E-state index contributed by atoms with van der Waals surface area (Å²) in [4.78, 5) is 0. The van der Waals surface area contributed by atoms with Gasteiger partial charge in [0.1, 0.15) is 0 Å². The van der Waals surface area contributed by atoms with Crippen molar-refractivity contribution in [3.8, 4) is 0 Å². The molecule has 1 heteroatoms. The summed E-state index contributed by atoms with van der Waals surface area (Å²) >= 11 is 0. The first-order valence-electron chi connectivity index (χ1n) is 4.64. The lowest BCUT2D eigenvalue weighted by molar-refractivity contribution is 0.437. The summed E-state index contributed by atoms with van der Waals surface area (Å²) in [5.74, 6) is 2.41. The third-order valence-electron chi connectivity index (χ3n) is 1.89. The van der Waals surface area contributed by atoms with E-state index in [1.165, 1.54) is 25.8 Å². The van der Waals surface area contributed by atoms with E-state index in [0.29, 0.717) is 0 Å². The summed E-state index contributed by atoms with van der Waals surface area (Å²) < 4.78 is 0. The first-order valence-corrected chi connectivity index (χ1v) is 4.64. The topological polar surface area (TPSA) is 12.0 Å². The second-order valence-corrected chi connectivity index (χ2v) is 3.62. The first kappa shape index (κ1) is 11.0. The Bertz CT molecular complexity index is 72.9. The van der Waals surface area contributed by atoms with E-state index < -0.39 is 0 Å². The van der Waals surface area contributed by atoms with Crippen molar-refractivity contribution in [1.29, 1.82) is 0 Å². The third kappa shape index (κ3) is 6.36. The molecular weight excluding hydrogens is 134 g/mol. The molecule has 0 amide bonds. The van der Waals surface area contributed by atoms with Gasteiger partial charge in [-0.05, 0) is 13.6 Å². The van der Waals surface area contributed by atoms with Crippen LogP contribution in [0.5, 0.6) is 0 Å². The van der Waals surface area contributed by atoms with Crippen molar-refractivity contribution in [2.24, 2.45) is 5.92 Å². The van der Waals surface area contributed by atoms with E-state index in [1.54, 1.807) is 5.92 Å². The van der Waals surface area contributed by atoms with E-state index in [1.807, 2.05) is 7.05 Å². The molecule has 0 aliphatic heterocycles. The van der Waals surface area contributed by atoms with Gasteiger partial charge in [0.05, 0.1) is 0 Å². The second kappa shape index (κ2) is 6.66. The van der Waals surface area contributed by atoms with Gasteiger partial charge >= 0.3 is 0 Å². The largest absolute Gasteiger partial charge is 0.320 e. The zero-order valence-electron chi connectivity index (χ0n) is 8.41. The van der Waals surface area contributed by atoms with Gasteiger partial charge in [-0.1, -0.05) is 25.7 Å². The van der Waals surface area contributed by atoms with Crippen molar-refractivity contribution in [1.82, 2.24) is 5.32 Å². The maximum Gasteiger partial charge on any atom is -0.00478 e. The Kier molecular flexibility index (Phi) is 6.63. The highest BCUT2D eigenvalue weighted by Crippen LogP contribution is 2.17. The average molecular weight is 156 g/mol. The van der Waals surface area contributed by atoms with Gasteiger partial charge in [-0.3, -0.25) is 0 Å². The molecule has 0 aliphatic rings. The molecule has 0 radical (unpaired) electrons. The van der Waals surface area contributed by atoms with E-state index in [4.69, 9.17) is 0 Å². The van der Waals surface area contributed by atoms with Crippen molar-refractivity contribution in [2.45, 2.75) is 40.0 Å². The summed E-state index contributed by atoms with van der Waals surface area (Å²) in [6.07, 6.45) is 3.94. The lowest BCUT2D eigenvalue weighted by Gasteiger charge is -2.25. The fourth-order valence-corrected chi connectivity index (χ4v) is 1.55. The predicted molar refractivity (Wildman–Crippen MR) is 51.5 cm³/mol. The van der Waals surface area contributed by atoms with Gasteiger partial charge in [-0.25, -0.2) is 0 Å². The number of hydrogen-bond acceptors (Lipinski definition) is 1. The molecule has 0 spiro atoms. The minimum absolute atomic E-state index is 0.856. The summed E-state index contributed by atoms with van der Waals surface area (Å²) in [6, 6.07) is 0. The highest BCUT2D eigenvalue weighted by molar-refractivity contribution is 4.81. The molecule has 11 heavy (non-hydrogen) atoms. The Labute approximate surface area is 71.6 Å². The zero-order chi connectivity index (χ0) is 8.69. The van der Waals surface area contributed by atoms with Crippen LogP contribution in [0.15, 0.2) is 0 Å². The van der Waals surface area contributed by atoms with Gasteiger partial charge in [-0.15, -0.1) is 0 Å². The molecule has 0 aromatic heterocycles. The van der Waals surface area contributed by atoms with Gasteiger partial charge in [0.2, 0.25) is 0 Å². The molecule has 1 N–H and O–H groups in total. The van der Waals surface area contributed by atoms with Crippen molar-refractivity contribution in [3.05, 3.63) is 5.92 Å². The van der Waals surface area contributed by atoms with Crippen molar-refractivity contribution < 1.29 is 0 Å². The smallest absolute Gasteiger partial charge is 0.00478 e. The molecule has 0 saturated heterocycles. The molecule has 0 heterocycles. The quantitative estimate of drug-likeness (QED) is 0.583. The predicted octanol–water partition coefficient (Wildman–Crippen LogP) is 2.63. The maximum atomic E-state index is 3.24. The molecule has 1 unspecified atom stereocenters. The van der Waals surface area contributed by atoms with E-state index in [0.717, 1.165) is 5.92 Å². The molecule has 68 valence electrons. The molecule has 1 atom stereocenters. The third-order valence-corrected chi connectivity index (χ3v) is 1.89. The Morgan fingerprint density at radius 1 is 1.36 bits per heavy atom. The minimum atomic E-state index is 0.856. The van der Waals surface area contributed by atoms with Crippen molar-refractivity contribution in [3.63, 3.8) is 0 Å². The van der Waals surface area contributed by atoms with Crippen LogP contribution in [-0.4, -0.2) is 13.6 Å². The SMILES string of the molecule is CCCC(CNC)C[C-](C)C. The molecular formula is C10H22N-. The van der Waals surface area contributed by atoms with Crippen LogP contribution in [-0.2, 0) is 0 Å². The van der Waals surface area contributed by atoms with E-state index >= 15 is 0 Å². The fraction of sp³-hybridized carbons (Fsp3) is 0.900. The van der Waals surface area contributed by atoms with Crippen LogP contribution < -0.4 is 5.32 Å². The van der Waals surface area contributed by atoms with Crippen molar-refractivity contribution >= 4 is 0 Å². The van der Waals surface area contributed by atoms with Crippen LogP contribution in [0.4, 0.5) is 0 Å². The van der Waals surface area contributed by atoms with Crippen LogP contribution in [0.2, 0.25) is 0 Å². The number of hydrogen-bond donors (Lipinski definition) is 1. The van der Waals surface area contributed by atoms with Gasteiger partial charge < -0.3 is 11.2 Å². The summed E-state index contributed by atoms with van der Waals surface area (Å²) in [5.41, 5.74) is 0. The minimum Gasteiger partial charge on any atom is -0.320 e. The molecule has 0 aliphatic carbocycles. The van der Waals surface area contributed by atoms with Crippen molar-refractivity contribution in [2.75, 3.05) is 13.6 Å². The molecule has 1 nitrogen and oxygen atoms in total. The Balaban J connectivity index is 3.50. The van der Waals surface area contributed by atoms with E-state index in [2.05, 4.69) is 26.1 Å². The Hall–Kier alpha value is -0.0400. The monoisotopic (exact) mass is 156 g/mol. The standard InChI is InChI=1S/C10H22N/c1-5-6-10(8-11-4)7-9(2)3/h10-11H,5-8H2,1-4H3/q-1. The van der Waals surface area contributed by atoms with Crippen LogP contribution in [0, 0.1) is 11.8 Å². The molecule has 0 aromatic rings. The highest BCUT2D eigenvalue weighted by atomic mass is 14.8. The van der Waals surface area contributed by atoms with Crippen LogP contribution in [0.3, 0.4) is 0 Å². The van der Waals surface area contributed by atoms with Crippen LogP contribution in [0.25, 0.3) is 0 Å². The summed E-state index contributed by atoms with van der Waals surface area (Å²) in [7, 11) is 2.04. The normalized spacial score (nSPS) is 13.9. The van der Waals surface area contributed by atoms with Gasteiger partial charge in [0, 0.05) is 0 Å². The highest BCUT2D eigenvalue weighted by Gasteiger charge is 2.01. The maximum absolute atomic E-state index is 3.24. The summed E-state index contributed by atoms with van der Waals surface area (Å²) in [5, 5.41) is 3.24. The molecule has 0 rings (SSSR count). The molecule has 0 saturated carbocycles. The first-order chi connectivity index (χ1) is 5.20. The summed E-state index contributed by atoms with van der Waals surface area (Å²) in [6.45, 7) is 7.86. The number of rotatable bonds is 6. The second-order valence-electron chi connectivity index (χ2n) is 3.62. The van der Waals surface area contributed by atoms with Gasteiger partial charge in [0.15, 0.2) is 0 Å². The molecule has 0 aromatic carbocycles. The average Bonchev–Trinajstić information content (AvgIpc) is 1.87. The van der Waals surface area contributed by atoms with Gasteiger partial charge in [0.25, 0.3) is 0 Å². The van der Waals surface area contributed by atoms with Gasteiger partial charge in [-0.2, -0.15) is 20.3 Å².